The third kappa shape index (κ3) is 4.78. The lowest BCUT2D eigenvalue weighted by Crippen LogP contribution is -3.12. The molecule has 0 amide bonds. The Kier molecular flexibility index (Phi) is 6.66. The Labute approximate surface area is 202 Å². The summed E-state index contributed by atoms with van der Waals surface area (Å²) in [7, 11) is 0. The van der Waals surface area contributed by atoms with E-state index in [9.17, 15) is 0 Å². The number of likely N-dealkylation sites (tertiary alicyclic amines) is 1. The average Bonchev–Trinajstić information content (AvgIpc) is 2.99. The Hall–Kier alpha value is -2.81. The SMILES string of the molecule is Cc1ccc(C2=C(Cl)/C(=C/C[NH+]3CCCCC3)[C@@H](c3ccccc3)c3ccccc3O2)cc1. The summed E-state index contributed by atoms with van der Waals surface area (Å²) in [4.78, 5) is 1.64. The third-order valence-electron chi connectivity index (χ3n) is 6.82. The molecule has 3 heteroatoms. The molecule has 0 aliphatic carbocycles. The molecule has 0 saturated carbocycles. The molecule has 168 valence electrons. The summed E-state index contributed by atoms with van der Waals surface area (Å²) in [5, 5.41) is 0.709. The topological polar surface area (TPSA) is 13.7 Å². The van der Waals surface area contributed by atoms with Crippen molar-refractivity contribution in [1.29, 1.82) is 0 Å². The summed E-state index contributed by atoms with van der Waals surface area (Å²) in [6, 6.07) is 27.5. The highest BCUT2D eigenvalue weighted by atomic mass is 35.5. The van der Waals surface area contributed by atoms with E-state index >= 15 is 0 Å². The number of hydrogen-bond donors (Lipinski definition) is 1. The van der Waals surface area contributed by atoms with E-state index in [-0.39, 0.29) is 5.92 Å². The van der Waals surface area contributed by atoms with Crippen LogP contribution in [-0.4, -0.2) is 19.6 Å². The normalized spacial score (nSPS) is 20.3. The van der Waals surface area contributed by atoms with Crippen LogP contribution < -0.4 is 9.64 Å². The maximum absolute atomic E-state index is 7.26. The molecule has 0 spiro atoms. The van der Waals surface area contributed by atoms with Gasteiger partial charge in [0.15, 0.2) is 5.76 Å². The number of quaternary nitrogens is 1. The zero-order valence-electron chi connectivity index (χ0n) is 19.2. The molecule has 0 radical (unpaired) electrons. The zero-order valence-corrected chi connectivity index (χ0v) is 19.9. The van der Waals surface area contributed by atoms with Gasteiger partial charge >= 0.3 is 0 Å². The van der Waals surface area contributed by atoms with Crippen LogP contribution in [0.25, 0.3) is 5.76 Å². The van der Waals surface area contributed by atoms with E-state index in [0.717, 1.165) is 34.8 Å². The first kappa shape index (κ1) is 22.0. The van der Waals surface area contributed by atoms with Crippen molar-refractivity contribution in [2.45, 2.75) is 32.1 Å². The molecular weight excluding hydrogens is 426 g/mol. The molecule has 1 fully saturated rings. The fourth-order valence-electron chi connectivity index (χ4n) is 5.00. The molecule has 0 aromatic heterocycles. The second-order valence-corrected chi connectivity index (χ2v) is 9.54. The minimum Gasteiger partial charge on any atom is -0.455 e. The van der Waals surface area contributed by atoms with E-state index in [4.69, 9.17) is 16.3 Å². The third-order valence-corrected chi connectivity index (χ3v) is 7.21. The Morgan fingerprint density at radius 1 is 0.879 bits per heavy atom. The highest BCUT2D eigenvalue weighted by Crippen LogP contribution is 2.47. The predicted molar refractivity (Wildman–Crippen MR) is 137 cm³/mol. The van der Waals surface area contributed by atoms with Gasteiger partial charge in [-0.15, -0.1) is 0 Å². The van der Waals surface area contributed by atoms with Gasteiger partial charge in [-0.05, 0) is 49.5 Å². The van der Waals surface area contributed by atoms with Gasteiger partial charge in [0.1, 0.15) is 5.75 Å². The number of rotatable bonds is 4. The monoisotopic (exact) mass is 456 g/mol. The van der Waals surface area contributed by atoms with Crippen molar-refractivity contribution in [3.63, 3.8) is 0 Å². The first-order chi connectivity index (χ1) is 16.2. The summed E-state index contributed by atoms with van der Waals surface area (Å²) < 4.78 is 6.57. The van der Waals surface area contributed by atoms with Crippen LogP contribution in [0.5, 0.6) is 5.75 Å². The Morgan fingerprint density at radius 3 is 2.33 bits per heavy atom. The highest BCUT2D eigenvalue weighted by molar-refractivity contribution is 6.35. The van der Waals surface area contributed by atoms with Gasteiger partial charge in [0.25, 0.3) is 0 Å². The van der Waals surface area contributed by atoms with Crippen LogP contribution in [0, 0.1) is 6.92 Å². The van der Waals surface area contributed by atoms with E-state index in [0.29, 0.717) is 5.03 Å². The van der Waals surface area contributed by atoms with Crippen molar-refractivity contribution in [3.05, 3.63) is 118 Å². The number of piperidine rings is 1. The largest absolute Gasteiger partial charge is 0.455 e. The molecule has 0 bridgehead atoms. The first-order valence-corrected chi connectivity index (χ1v) is 12.4. The number of fused-ring (bicyclic) bond motifs is 1. The van der Waals surface area contributed by atoms with Gasteiger partial charge in [0.05, 0.1) is 24.7 Å². The van der Waals surface area contributed by atoms with Crippen LogP contribution in [0.2, 0.25) is 0 Å². The number of benzene rings is 3. The average molecular weight is 457 g/mol. The molecule has 1 N–H and O–H groups in total. The van der Waals surface area contributed by atoms with Crippen molar-refractivity contribution >= 4 is 17.4 Å². The lowest BCUT2D eigenvalue weighted by molar-refractivity contribution is -0.899. The molecular formula is C30H31ClNO+. The summed E-state index contributed by atoms with van der Waals surface area (Å²) in [6.07, 6.45) is 6.35. The molecule has 0 unspecified atom stereocenters. The lowest BCUT2D eigenvalue weighted by atomic mass is 9.83. The number of halogens is 1. The number of ether oxygens (including phenoxy) is 1. The van der Waals surface area contributed by atoms with Gasteiger partial charge in [-0.2, -0.15) is 0 Å². The smallest absolute Gasteiger partial charge is 0.153 e. The summed E-state index contributed by atoms with van der Waals surface area (Å²) in [6.45, 7) is 5.55. The van der Waals surface area contributed by atoms with Crippen LogP contribution in [-0.2, 0) is 0 Å². The highest BCUT2D eigenvalue weighted by Gasteiger charge is 2.31. The second-order valence-electron chi connectivity index (χ2n) is 9.17. The maximum Gasteiger partial charge on any atom is 0.153 e. The summed E-state index contributed by atoms with van der Waals surface area (Å²) >= 11 is 7.26. The Balaban J connectivity index is 1.68. The lowest BCUT2D eigenvalue weighted by Gasteiger charge is -2.24. The van der Waals surface area contributed by atoms with Gasteiger partial charge in [-0.1, -0.05) is 90.0 Å². The number of allylic oxidation sites excluding steroid dienone is 2. The van der Waals surface area contributed by atoms with E-state index in [1.807, 2.05) is 6.07 Å². The van der Waals surface area contributed by atoms with Crippen LogP contribution in [0.4, 0.5) is 0 Å². The van der Waals surface area contributed by atoms with E-state index in [1.54, 1.807) is 4.90 Å². The van der Waals surface area contributed by atoms with Crippen molar-refractivity contribution < 1.29 is 9.64 Å². The van der Waals surface area contributed by atoms with Gasteiger partial charge in [-0.3, -0.25) is 0 Å². The van der Waals surface area contributed by atoms with Crippen molar-refractivity contribution in [3.8, 4) is 5.75 Å². The van der Waals surface area contributed by atoms with E-state index in [2.05, 4.69) is 85.8 Å². The molecule has 2 aliphatic heterocycles. The second kappa shape index (κ2) is 9.99. The van der Waals surface area contributed by atoms with Crippen molar-refractivity contribution in [2.75, 3.05) is 19.6 Å². The summed E-state index contributed by atoms with van der Waals surface area (Å²) in [5.74, 6) is 1.64. The van der Waals surface area contributed by atoms with Gasteiger partial charge in [0.2, 0.25) is 0 Å². The minimum atomic E-state index is 0.0297. The zero-order chi connectivity index (χ0) is 22.6. The molecule has 1 saturated heterocycles. The molecule has 5 rings (SSSR count). The van der Waals surface area contributed by atoms with Crippen LogP contribution >= 0.6 is 11.6 Å². The molecule has 33 heavy (non-hydrogen) atoms. The molecule has 3 aromatic carbocycles. The quantitative estimate of drug-likeness (QED) is 0.499. The van der Waals surface area contributed by atoms with Crippen LogP contribution in [0.1, 0.15) is 47.4 Å². The maximum atomic E-state index is 7.26. The van der Waals surface area contributed by atoms with E-state index in [1.165, 1.54) is 43.5 Å². The number of nitrogens with one attached hydrogen (secondary N) is 1. The molecule has 2 nitrogen and oxygen atoms in total. The Morgan fingerprint density at radius 2 is 1.58 bits per heavy atom. The number of hydrogen-bond acceptors (Lipinski definition) is 1. The van der Waals surface area contributed by atoms with Crippen LogP contribution in [0.15, 0.2) is 95.5 Å². The first-order valence-electron chi connectivity index (χ1n) is 12.0. The number of para-hydroxylation sites is 1. The van der Waals surface area contributed by atoms with Crippen molar-refractivity contribution in [1.82, 2.24) is 0 Å². The molecule has 2 heterocycles. The van der Waals surface area contributed by atoms with Gasteiger partial charge in [0, 0.05) is 17.0 Å². The van der Waals surface area contributed by atoms with Gasteiger partial charge < -0.3 is 9.64 Å². The van der Waals surface area contributed by atoms with Crippen molar-refractivity contribution in [2.24, 2.45) is 0 Å². The van der Waals surface area contributed by atoms with E-state index < -0.39 is 0 Å². The Bertz CT molecular complexity index is 1160. The molecule has 1 atom stereocenters. The fraction of sp³-hybridized carbons (Fsp3) is 0.267. The molecule has 3 aromatic rings. The predicted octanol–water partition coefficient (Wildman–Crippen LogP) is 6.12. The fourth-order valence-corrected chi connectivity index (χ4v) is 5.34. The summed E-state index contributed by atoms with van der Waals surface area (Å²) in [5.41, 5.74) is 5.75. The minimum absolute atomic E-state index is 0.0297. The number of aryl methyl sites for hydroxylation is 1. The van der Waals surface area contributed by atoms with Crippen LogP contribution in [0.3, 0.4) is 0 Å². The molecule has 2 aliphatic rings. The standard InChI is InChI=1S/C30H30ClNO/c1-22-14-16-24(17-15-22)30-29(31)26(18-21-32-19-8-3-9-20-32)28(23-10-4-2-5-11-23)25-12-6-7-13-27(25)33-30/h2,4-7,10-18,28H,3,8-9,19-21H2,1H3/p+1/b26-18+/t28-/m0/s1. The van der Waals surface area contributed by atoms with Gasteiger partial charge in [-0.25, -0.2) is 0 Å².